The number of nitrogens with one attached hydrogen (secondary N) is 1. The molecule has 0 aliphatic heterocycles. The number of hydrogen-bond donors (Lipinski definition) is 1. The van der Waals surface area contributed by atoms with Crippen LogP contribution in [0.15, 0.2) is 48.5 Å². The van der Waals surface area contributed by atoms with E-state index < -0.39 is 0 Å². The Morgan fingerprint density at radius 1 is 1.13 bits per heavy atom. The van der Waals surface area contributed by atoms with Crippen LogP contribution in [-0.2, 0) is 4.79 Å². The van der Waals surface area contributed by atoms with Gasteiger partial charge in [0, 0.05) is 21.5 Å². The number of nitrogens with zero attached hydrogens (tertiary/aromatic N) is 1. The maximum atomic E-state index is 12.4. The third kappa shape index (κ3) is 5.62. The molecule has 0 fully saturated rings. The summed E-state index contributed by atoms with van der Waals surface area (Å²) < 4.78 is 11.2. The average Bonchev–Trinajstić information content (AvgIpc) is 3.08. The standard InChI is InChI=1S/C23H23ClN2O3S/c1-4-28-19-11-9-16(13-20(19)29-5-2)10-12-21(27)25-23-26-22(15(3)30-23)17-7-6-8-18(24)14-17/h6-14H,4-5H2,1-3H3,(H,25,26,27)/b12-10+. The van der Waals surface area contributed by atoms with Crippen LogP contribution >= 0.6 is 22.9 Å². The first-order valence-corrected chi connectivity index (χ1v) is 10.8. The highest BCUT2D eigenvalue weighted by Gasteiger charge is 2.12. The van der Waals surface area contributed by atoms with Crippen molar-refractivity contribution in [2.75, 3.05) is 18.5 Å². The number of benzene rings is 2. The van der Waals surface area contributed by atoms with Crippen molar-refractivity contribution in [1.82, 2.24) is 4.98 Å². The van der Waals surface area contributed by atoms with E-state index >= 15 is 0 Å². The number of rotatable bonds is 8. The van der Waals surface area contributed by atoms with Gasteiger partial charge in [0.05, 0.1) is 18.9 Å². The van der Waals surface area contributed by atoms with E-state index in [0.717, 1.165) is 21.7 Å². The predicted octanol–water partition coefficient (Wildman–Crippen LogP) is 6.22. The molecular weight excluding hydrogens is 420 g/mol. The van der Waals surface area contributed by atoms with Crippen molar-refractivity contribution >= 4 is 40.1 Å². The number of hydrogen-bond acceptors (Lipinski definition) is 5. The number of carbonyl (C=O) groups is 1. The van der Waals surface area contributed by atoms with Crippen LogP contribution in [0.25, 0.3) is 17.3 Å². The molecule has 1 amide bonds. The second kappa shape index (κ2) is 10.3. The Balaban J connectivity index is 1.71. The highest BCUT2D eigenvalue weighted by Crippen LogP contribution is 2.32. The largest absolute Gasteiger partial charge is 0.490 e. The van der Waals surface area contributed by atoms with Crippen molar-refractivity contribution in [3.8, 4) is 22.8 Å². The van der Waals surface area contributed by atoms with Gasteiger partial charge in [-0.05, 0) is 56.7 Å². The third-order valence-corrected chi connectivity index (χ3v) is 5.24. The lowest BCUT2D eigenvalue weighted by molar-refractivity contribution is -0.111. The number of ether oxygens (including phenoxy) is 2. The molecule has 0 unspecified atom stereocenters. The maximum Gasteiger partial charge on any atom is 0.250 e. The number of anilines is 1. The van der Waals surface area contributed by atoms with Crippen molar-refractivity contribution in [3.05, 3.63) is 64.0 Å². The molecule has 3 aromatic rings. The molecule has 0 saturated carbocycles. The van der Waals surface area contributed by atoms with E-state index in [0.29, 0.717) is 34.9 Å². The van der Waals surface area contributed by atoms with E-state index in [2.05, 4.69) is 10.3 Å². The van der Waals surface area contributed by atoms with Crippen LogP contribution < -0.4 is 14.8 Å². The Labute approximate surface area is 185 Å². The number of thiazole rings is 1. The first-order valence-electron chi connectivity index (χ1n) is 9.62. The minimum absolute atomic E-state index is 0.256. The topological polar surface area (TPSA) is 60.5 Å². The van der Waals surface area contributed by atoms with Gasteiger partial charge < -0.3 is 9.47 Å². The molecule has 30 heavy (non-hydrogen) atoms. The summed E-state index contributed by atoms with van der Waals surface area (Å²) in [6.45, 7) is 6.90. The average molecular weight is 443 g/mol. The van der Waals surface area contributed by atoms with Gasteiger partial charge >= 0.3 is 0 Å². The fourth-order valence-corrected chi connectivity index (χ4v) is 3.87. The van der Waals surface area contributed by atoms with Gasteiger partial charge in [0.2, 0.25) is 5.91 Å². The Morgan fingerprint density at radius 2 is 1.90 bits per heavy atom. The van der Waals surface area contributed by atoms with Gasteiger partial charge in [0.15, 0.2) is 16.6 Å². The molecule has 0 radical (unpaired) electrons. The smallest absolute Gasteiger partial charge is 0.250 e. The van der Waals surface area contributed by atoms with E-state index in [1.54, 1.807) is 6.08 Å². The van der Waals surface area contributed by atoms with Gasteiger partial charge in [0.1, 0.15) is 0 Å². The summed E-state index contributed by atoms with van der Waals surface area (Å²) in [7, 11) is 0. The second-order valence-corrected chi connectivity index (χ2v) is 7.97. The summed E-state index contributed by atoms with van der Waals surface area (Å²) >= 11 is 7.50. The summed E-state index contributed by atoms with van der Waals surface area (Å²) in [5.41, 5.74) is 2.58. The predicted molar refractivity (Wildman–Crippen MR) is 124 cm³/mol. The molecule has 7 heteroatoms. The van der Waals surface area contributed by atoms with E-state index in [1.165, 1.54) is 17.4 Å². The van der Waals surface area contributed by atoms with Crippen molar-refractivity contribution in [2.24, 2.45) is 0 Å². The fraction of sp³-hybridized carbons (Fsp3) is 0.217. The number of aromatic nitrogens is 1. The van der Waals surface area contributed by atoms with Crippen LogP contribution in [0.1, 0.15) is 24.3 Å². The fourth-order valence-electron chi connectivity index (χ4n) is 2.84. The molecule has 2 aromatic carbocycles. The van der Waals surface area contributed by atoms with Gasteiger partial charge in [-0.15, -0.1) is 11.3 Å². The molecule has 0 saturated heterocycles. The van der Waals surface area contributed by atoms with Gasteiger partial charge in [-0.1, -0.05) is 29.8 Å². The first-order chi connectivity index (χ1) is 14.5. The minimum Gasteiger partial charge on any atom is -0.490 e. The van der Waals surface area contributed by atoms with Crippen molar-refractivity contribution in [1.29, 1.82) is 0 Å². The molecule has 156 valence electrons. The van der Waals surface area contributed by atoms with Crippen LogP contribution in [0, 0.1) is 6.92 Å². The maximum absolute atomic E-state index is 12.4. The SMILES string of the molecule is CCOc1ccc(/C=C/C(=O)Nc2nc(-c3cccc(Cl)c3)c(C)s2)cc1OCC. The number of halogens is 1. The third-order valence-electron chi connectivity index (χ3n) is 4.12. The summed E-state index contributed by atoms with van der Waals surface area (Å²) in [6.07, 6.45) is 3.20. The van der Waals surface area contributed by atoms with Gasteiger partial charge in [0.25, 0.3) is 0 Å². The van der Waals surface area contributed by atoms with E-state index in [9.17, 15) is 4.79 Å². The molecular formula is C23H23ClN2O3S. The lowest BCUT2D eigenvalue weighted by atomic mass is 10.1. The van der Waals surface area contributed by atoms with Crippen LogP contribution in [0.5, 0.6) is 11.5 Å². The Morgan fingerprint density at radius 3 is 2.63 bits per heavy atom. The zero-order valence-corrected chi connectivity index (χ0v) is 18.6. The quantitative estimate of drug-likeness (QED) is 0.420. The van der Waals surface area contributed by atoms with Gasteiger partial charge in [-0.25, -0.2) is 4.98 Å². The van der Waals surface area contributed by atoms with Crippen LogP contribution in [0.4, 0.5) is 5.13 Å². The molecule has 0 aliphatic carbocycles. The van der Waals surface area contributed by atoms with Crippen molar-refractivity contribution < 1.29 is 14.3 Å². The molecule has 3 rings (SSSR count). The summed E-state index contributed by atoms with van der Waals surface area (Å²) in [5.74, 6) is 1.09. The van der Waals surface area contributed by atoms with E-state index in [-0.39, 0.29) is 5.91 Å². The van der Waals surface area contributed by atoms with Crippen molar-refractivity contribution in [2.45, 2.75) is 20.8 Å². The molecule has 0 aliphatic rings. The molecule has 1 N–H and O–H groups in total. The normalized spacial score (nSPS) is 10.9. The monoisotopic (exact) mass is 442 g/mol. The highest BCUT2D eigenvalue weighted by molar-refractivity contribution is 7.16. The summed E-state index contributed by atoms with van der Waals surface area (Å²) in [5, 5.41) is 4.01. The Bertz CT molecular complexity index is 1060. The Kier molecular flexibility index (Phi) is 7.49. The minimum atomic E-state index is -0.256. The number of aryl methyl sites for hydroxylation is 1. The molecule has 0 spiro atoms. The van der Waals surface area contributed by atoms with Crippen molar-refractivity contribution in [3.63, 3.8) is 0 Å². The summed E-state index contributed by atoms with van der Waals surface area (Å²) in [4.78, 5) is 17.9. The molecule has 0 bridgehead atoms. The summed E-state index contributed by atoms with van der Waals surface area (Å²) in [6, 6.07) is 13.1. The molecule has 5 nitrogen and oxygen atoms in total. The highest BCUT2D eigenvalue weighted by atomic mass is 35.5. The molecule has 0 atom stereocenters. The number of carbonyl (C=O) groups excluding carboxylic acids is 1. The van der Waals surface area contributed by atoms with Gasteiger partial charge in [-0.2, -0.15) is 0 Å². The molecule has 1 heterocycles. The van der Waals surface area contributed by atoms with Crippen LogP contribution in [0.2, 0.25) is 5.02 Å². The van der Waals surface area contributed by atoms with Crippen LogP contribution in [0.3, 0.4) is 0 Å². The van der Waals surface area contributed by atoms with Gasteiger partial charge in [-0.3, -0.25) is 10.1 Å². The Hall–Kier alpha value is -2.83. The molecule has 1 aromatic heterocycles. The van der Waals surface area contributed by atoms with E-state index in [4.69, 9.17) is 21.1 Å². The zero-order chi connectivity index (χ0) is 21.5. The van der Waals surface area contributed by atoms with E-state index in [1.807, 2.05) is 63.2 Å². The zero-order valence-electron chi connectivity index (χ0n) is 17.1. The first kappa shape index (κ1) is 21.9. The lowest BCUT2D eigenvalue weighted by Crippen LogP contribution is -2.07. The van der Waals surface area contributed by atoms with Crippen LogP contribution in [-0.4, -0.2) is 24.1 Å². The second-order valence-electron chi connectivity index (χ2n) is 6.33. The number of amides is 1. The lowest BCUT2D eigenvalue weighted by Gasteiger charge is -2.11.